The van der Waals surface area contributed by atoms with Gasteiger partial charge in [0.2, 0.25) is 5.91 Å². The molecule has 0 rings (SSSR count). The Bertz CT molecular complexity index is 194. The monoisotopic (exact) mass is 154 g/mol. The molecule has 0 saturated heterocycles. The lowest BCUT2D eigenvalue weighted by Gasteiger charge is -2.03. The van der Waals surface area contributed by atoms with Crippen molar-refractivity contribution in [3.63, 3.8) is 0 Å². The first-order valence-corrected chi connectivity index (χ1v) is 3.39. The molecule has 0 unspecified atom stereocenters. The summed E-state index contributed by atoms with van der Waals surface area (Å²) in [5.41, 5.74) is 1.72. The molecule has 0 saturated carbocycles. The van der Waals surface area contributed by atoms with E-state index in [1.54, 1.807) is 13.2 Å². The van der Waals surface area contributed by atoms with E-state index in [1.165, 1.54) is 6.92 Å². The van der Waals surface area contributed by atoms with Gasteiger partial charge in [0.25, 0.3) is 0 Å². The summed E-state index contributed by atoms with van der Waals surface area (Å²) in [4.78, 5) is 10.5. The fraction of sp³-hybridized carbons (Fsp3) is 0.375. The number of hydrogen-bond donors (Lipinski definition) is 2. The number of allylic oxidation sites excluding steroid dienone is 1. The number of hydrogen-bond acceptors (Lipinski definition) is 2. The van der Waals surface area contributed by atoms with Crippen LogP contribution in [0.15, 0.2) is 24.0 Å². The quantitative estimate of drug-likeness (QED) is 0.589. The number of rotatable bonds is 3. The van der Waals surface area contributed by atoms with Crippen molar-refractivity contribution in [2.45, 2.75) is 13.8 Å². The maximum Gasteiger partial charge on any atom is 0.220 e. The summed E-state index contributed by atoms with van der Waals surface area (Å²) >= 11 is 0. The van der Waals surface area contributed by atoms with Crippen LogP contribution in [0.1, 0.15) is 13.8 Å². The lowest BCUT2D eigenvalue weighted by molar-refractivity contribution is -0.118. The zero-order valence-corrected chi connectivity index (χ0v) is 7.19. The minimum Gasteiger partial charge on any atom is -0.388 e. The van der Waals surface area contributed by atoms with Gasteiger partial charge >= 0.3 is 0 Å². The summed E-state index contributed by atoms with van der Waals surface area (Å²) < 4.78 is 0. The van der Waals surface area contributed by atoms with Crippen molar-refractivity contribution in [3.05, 3.63) is 24.0 Å². The van der Waals surface area contributed by atoms with E-state index < -0.39 is 0 Å². The zero-order valence-electron chi connectivity index (χ0n) is 7.19. The largest absolute Gasteiger partial charge is 0.388 e. The Morgan fingerprint density at radius 2 is 2.00 bits per heavy atom. The molecule has 62 valence electrons. The van der Waals surface area contributed by atoms with E-state index in [9.17, 15) is 4.79 Å². The molecule has 0 aliphatic heterocycles. The Morgan fingerprint density at radius 1 is 1.45 bits per heavy atom. The van der Waals surface area contributed by atoms with Crippen molar-refractivity contribution < 1.29 is 4.79 Å². The molecule has 0 bridgehead atoms. The highest BCUT2D eigenvalue weighted by Crippen LogP contribution is 1.99. The summed E-state index contributed by atoms with van der Waals surface area (Å²) in [6.45, 7) is 7.05. The first-order valence-electron chi connectivity index (χ1n) is 3.39. The summed E-state index contributed by atoms with van der Waals surface area (Å²) in [5, 5.41) is 5.43. The molecule has 0 aliphatic carbocycles. The average molecular weight is 154 g/mol. The van der Waals surface area contributed by atoms with Crippen molar-refractivity contribution in [3.8, 4) is 0 Å². The Labute approximate surface area is 67.2 Å². The predicted octanol–water partition coefficient (Wildman–Crippen LogP) is 0.759. The second-order valence-electron chi connectivity index (χ2n) is 2.26. The maximum absolute atomic E-state index is 10.5. The van der Waals surface area contributed by atoms with Gasteiger partial charge in [0.05, 0.1) is 0 Å². The summed E-state index contributed by atoms with van der Waals surface area (Å²) in [7, 11) is 1.79. The number of likely N-dealkylation sites (N-methyl/N-ethyl adjacent to an activating group) is 1. The molecule has 3 heteroatoms. The first-order chi connectivity index (χ1) is 5.07. The van der Waals surface area contributed by atoms with Gasteiger partial charge in [0.15, 0.2) is 0 Å². The van der Waals surface area contributed by atoms with Crippen LogP contribution >= 0.6 is 0 Å². The van der Waals surface area contributed by atoms with Crippen LogP contribution in [0.5, 0.6) is 0 Å². The summed E-state index contributed by atoms with van der Waals surface area (Å²) in [5.74, 6) is -0.0757. The Hall–Kier alpha value is -1.25. The van der Waals surface area contributed by atoms with Crippen molar-refractivity contribution in [2.24, 2.45) is 0 Å². The molecule has 0 radical (unpaired) electrons. The molecule has 0 aromatic carbocycles. The molecule has 0 spiro atoms. The van der Waals surface area contributed by atoms with E-state index in [4.69, 9.17) is 0 Å². The molecule has 3 nitrogen and oxygen atoms in total. The third kappa shape index (κ3) is 4.19. The van der Waals surface area contributed by atoms with Crippen LogP contribution in [-0.2, 0) is 4.79 Å². The average Bonchev–Trinajstić information content (AvgIpc) is 1.98. The minimum atomic E-state index is -0.0757. The van der Waals surface area contributed by atoms with Crippen LogP contribution < -0.4 is 10.6 Å². The summed E-state index contributed by atoms with van der Waals surface area (Å²) in [6, 6.07) is 0. The molecule has 0 aromatic heterocycles. The third-order valence-corrected chi connectivity index (χ3v) is 1.27. The van der Waals surface area contributed by atoms with Gasteiger partial charge in [-0.3, -0.25) is 4.79 Å². The Balaban J connectivity index is 4.00. The van der Waals surface area contributed by atoms with Gasteiger partial charge < -0.3 is 10.6 Å². The smallest absolute Gasteiger partial charge is 0.220 e. The maximum atomic E-state index is 10.5. The molecule has 0 atom stereocenters. The highest BCUT2D eigenvalue weighted by atomic mass is 16.1. The van der Waals surface area contributed by atoms with Crippen molar-refractivity contribution in [1.82, 2.24) is 10.6 Å². The predicted molar refractivity (Wildman–Crippen MR) is 45.8 cm³/mol. The zero-order chi connectivity index (χ0) is 8.85. The molecular weight excluding hydrogens is 140 g/mol. The van der Waals surface area contributed by atoms with Crippen molar-refractivity contribution in [2.75, 3.05) is 7.05 Å². The van der Waals surface area contributed by atoms with Crippen LogP contribution in [-0.4, -0.2) is 13.0 Å². The highest BCUT2D eigenvalue weighted by molar-refractivity contribution is 5.74. The lowest BCUT2D eigenvalue weighted by Crippen LogP contribution is -2.14. The SMILES string of the molecule is C=C(NC)/C(C)=C\NC(C)=O. The third-order valence-electron chi connectivity index (χ3n) is 1.27. The number of amides is 1. The van der Waals surface area contributed by atoms with Crippen LogP contribution in [0.3, 0.4) is 0 Å². The molecule has 0 aromatic rings. The second-order valence-corrected chi connectivity index (χ2v) is 2.26. The highest BCUT2D eigenvalue weighted by Gasteiger charge is 1.92. The van der Waals surface area contributed by atoms with Crippen LogP contribution in [0.2, 0.25) is 0 Å². The van der Waals surface area contributed by atoms with E-state index >= 15 is 0 Å². The van der Waals surface area contributed by atoms with Gasteiger partial charge in [-0.15, -0.1) is 0 Å². The molecular formula is C8H14N2O. The van der Waals surface area contributed by atoms with Gasteiger partial charge in [-0.2, -0.15) is 0 Å². The topological polar surface area (TPSA) is 41.1 Å². The second kappa shape index (κ2) is 4.55. The number of carbonyl (C=O) groups excluding carboxylic acids is 1. The lowest BCUT2D eigenvalue weighted by atomic mass is 10.2. The van der Waals surface area contributed by atoms with Gasteiger partial charge in [-0.1, -0.05) is 6.58 Å². The van der Waals surface area contributed by atoms with E-state index in [2.05, 4.69) is 17.2 Å². The molecule has 0 aliphatic rings. The molecule has 11 heavy (non-hydrogen) atoms. The first kappa shape index (κ1) is 9.75. The standard InChI is InChI=1S/C8H14N2O/c1-6(7(2)9-4)5-10-8(3)11/h5,9H,2H2,1,3-4H3,(H,10,11)/b6-5-. The molecule has 0 fully saturated rings. The van der Waals surface area contributed by atoms with Gasteiger partial charge in [-0.05, 0) is 12.5 Å². The fourth-order valence-corrected chi connectivity index (χ4v) is 0.494. The fourth-order valence-electron chi connectivity index (χ4n) is 0.494. The number of carbonyl (C=O) groups is 1. The van der Waals surface area contributed by atoms with Gasteiger partial charge in [0, 0.05) is 25.9 Å². The molecule has 2 N–H and O–H groups in total. The van der Waals surface area contributed by atoms with E-state index in [0.29, 0.717) is 0 Å². The Morgan fingerprint density at radius 3 is 2.36 bits per heavy atom. The normalized spacial score (nSPS) is 10.6. The Kier molecular flexibility index (Phi) is 4.03. The number of nitrogens with one attached hydrogen (secondary N) is 2. The van der Waals surface area contributed by atoms with E-state index in [-0.39, 0.29) is 5.91 Å². The van der Waals surface area contributed by atoms with Crippen molar-refractivity contribution >= 4 is 5.91 Å². The van der Waals surface area contributed by atoms with Gasteiger partial charge in [-0.25, -0.2) is 0 Å². The van der Waals surface area contributed by atoms with Crippen LogP contribution in [0, 0.1) is 0 Å². The molecule has 0 heterocycles. The van der Waals surface area contributed by atoms with Crippen molar-refractivity contribution in [1.29, 1.82) is 0 Å². The van der Waals surface area contributed by atoms with E-state index in [0.717, 1.165) is 11.3 Å². The van der Waals surface area contributed by atoms with Crippen LogP contribution in [0.4, 0.5) is 0 Å². The minimum absolute atomic E-state index is 0.0757. The van der Waals surface area contributed by atoms with Gasteiger partial charge in [0.1, 0.15) is 0 Å². The van der Waals surface area contributed by atoms with Crippen LogP contribution in [0.25, 0.3) is 0 Å². The molecule has 1 amide bonds. The van der Waals surface area contributed by atoms with E-state index in [1.807, 2.05) is 6.92 Å². The summed E-state index contributed by atoms with van der Waals surface area (Å²) in [6.07, 6.45) is 1.63.